The average molecular weight is 371 g/mol. The van der Waals surface area contributed by atoms with Crippen molar-refractivity contribution in [1.29, 1.82) is 0 Å². The van der Waals surface area contributed by atoms with Crippen molar-refractivity contribution >= 4 is 17.8 Å². The molecule has 1 aromatic carbocycles. The SMILES string of the molecule is CCCC(/C=C/C(=O)OCc1ccccc1)C1(C)N=C(C(C)(C)C)OC1=O. The summed E-state index contributed by atoms with van der Waals surface area (Å²) in [5.41, 5.74) is -0.438. The largest absolute Gasteiger partial charge is 0.458 e. The van der Waals surface area contributed by atoms with Gasteiger partial charge in [0.05, 0.1) is 0 Å². The van der Waals surface area contributed by atoms with E-state index in [1.807, 2.05) is 58.0 Å². The molecule has 1 heterocycles. The van der Waals surface area contributed by atoms with Crippen LogP contribution < -0.4 is 0 Å². The summed E-state index contributed by atoms with van der Waals surface area (Å²) in [7, 11) is 0. The first-order valence-electron chi connectivity index (χ1n) is 9.38. The van der Waals surface area contributed by atoms with Crippen molar-refractivity contribution in [3.63, 3.8) is 0 Å². The third-order valence-corrected chi connectivity index (χ3v) is 4.59. The molecule has 0 aromatic heterocycles. The maximum atomic E-state index is 12.5. The molecule has 0 saturated heterocycles. The van der Waals surface area contributed by atoms with Crippen LogP contribution in [0.3, 0.4) is 0 Å². The number of rotatable bonds is 7. The molecule has 0 fully saturated rings. The number of esters is 2. The van der Waals surface area contributed by atoms with Crippen LogP contribution in [0.25, 0.3) is 0 Å². The zero-order valence-corrected chi connectivity index (χ0v) is 16.8. The minimum absolute atomic E-state index is 0.216. The van der Waals surface area contributed by atoms with Gasteiger partial charge < -0.3 is 9.47 Å². The molecule has 1 aromatic rings. The molecule has 2 rings (SSSR count). The topological polar surface area (TPSA) is 65.0 Å². The van der Waals surface area contributed by atoms with Gasteiger partial charge in [0.2, 0.25) is 0 Å². The van der Waals surface area contributed by atoms with Gasteiger partial charge in [-0.25, -0.2) is 14.6 Å². The molecule has 0 aliphatic carbocycles. The van der Waals surface area contributed by atoms with Gasteiger partial charge in [0.1, 0.15) is 6.61 Å². The molecule has 27 heavy (non-hydrogen) atoms. The summed E-state index contributed by atoms with van der Waals surface area (Å²) >= 11 is 0. The molecule has 0 radical (unpaired) electrons. The summed E-state index contributed by atoms with van der Waals surface area (Å²) in [6.07, 6.45) is 4.70. The number of carbonyl (C=O) groups excluding carboxylic acids is 2. The molecule has 0 N–H and O–H groups in total. The number of cyclic esters (lactones) is 1. The number of benzene rings is 1. The Morgan fingerprint density at radius 3 is 2.52 bits per heavy atom. The molecule has 0 spiro atoms. The number of nitrogens with zero attached hydrogens (tertiary/aromatic N) is 1. The van der Waals surface area contributed by atoms with E-state index in [4.69, 9.17) is 9.47 Å². The van der Waals surface area contributed by atoms with E-state index in [2.05, 4.69) is 4.99 Å². The fraction of sp³-hybridized carbons (Fsp3) is 0.500. The molecular weight excluding hydrogens is 342 g/mol. The summed E-state index contributed by atoms with van der Waals surface area (Å²) in [4.78, 5) is 29.2. The van der Waals surface area contributed by atoms with Crippen LogP contribution in [0.5, 0.6) is 0 Å². The lowest BCUT2D eigenvalue weighted by Crippen LogP contribution is -2.38. The Balaban J connectivity index is 2.10. The van der Waals surface area contributed by atoms with Crippen molar-refractivity contribution < 1.29 is 19.1 Å². The maximum absolute atomic E-state index is 12.5. The smallest absolute Gasteiger partial charge is 0.340 e. The second-order valence-corrected chi connectivity index (χ2v) is 8.05. The second kappa shape index (κ2) is 8.51. The van der Waals surface area contributed by atoms with Crippen LogP contribution >= 0.6 is 0 Å². The Hall–Kier alpha value is -2.43. The zero-order valence-electron chi connectivity index (χ0n) is 16.8. The summed E-state index contributed by atoms with van der Waals surface area (Å²) in [5, 5.41) is 0. The first kappa shape index (κ1) is 20.9. The molecule has 2 atom stereocenters. The Morgan fingerprint density at radius 2 is 1.96 bits per heavy atom. The first-order chi connectivity index (χ1) is 12.7. The van der Waals surface area contributed by atoms with Crippen LogP contribution in [0.15, 0.2) is 47.5 Å². The zero-order chi connectivity index (χ0) is 20.1. The van der Waals surface area contributed by atoms with Crippen molar-refractivity contribution in [1.82, 2.24) is 0 Å². The van der Waals surface area contributed by atoms with E-state index in [0.29, 0.717) is 5.90 Å². The van der Waals surface area contributed by atoms with Crippen LogP contribution in [-0.4, -0.2) is 23.4 Å². The van der Waals surface area contributed by atoms with Crippen molar-refractivity contribution in [2.24, 2.45) is 16.3 Å². The summed E-state index contributed by atoms with van der Waals surface area (Å²) in [6.45, 7) is 9.89. The molecular formula is C22H29NO4. The minimum Gasteiger partial charge on any atom is -0.458 e. The lowest BCUT2D eigenvalue weighted by Gasteiger charge is -2.25. The monoisotopic (exact) mass is 371 g/mol. The highest BCUT2D eigenvalue weighted by Gasteiger charge is 2.48. The Morgan fingerprint density at radius 1 is 1.30 bits per heavy atom. The Bertz CT molecular complexity index is 730. The van der Waals surface area contributed by atoms with E-state index in [1.165, 1.54) is 6.08 Å². The molecule has 5 nitrogen and oxygen atoms in total. The van der Waals surface area contributed by atoms with Crippen LogP contribution in [-0.2, 0) is 25.7 Å². The van der Waals surface area contributed by atoms with E-state index >= 15 is 0 Å². The predicted molar refractivity (Wildman–Crippen MR) is 105 cm³/mol. The molecule has 0 amide bonds. The summed E-state index contributed by atoms with van der Waals surface area (Å²) < 4.78 is 10.7. The lowest BCUT2D eigenvalue weighted by molar-refractivity contribution is -0.141. The fourth-order valence-electron chi connectivity index (χ4n) is 2.87. The van der Waals surface area contributed by atoms with Gasteiger partial charge in [0, 0.05) is 17.4 Å². The van der Waals surface area contributed by atoms with Crippen LogP contribution in [0, 0.1) is 11.3 Å². The predicted octanol–water partition coefficient (Wildman–Crippen LogP) is 4.46. The number of aliphatic imine (C=N–C) groups is 1. The van der Waals surface area contributed by atoms with Crippen molar-refractivity contribution in [2.45, 2.75) is 59.6 Å². The number of hydrogen-bond acceptors (Lipinski definition) is 5. The van der Waals surface area contributed by atoms with Gasteiger partial charge in [-0.2, -0.15) is 0 Å². The standard InChI is InChI=1S/C22H29NO4/c1-6-10-17(22(5)20(25)27-19(23-22)21(2,3)4)13-14-18(24)26-15-16-11-8-7-9-12-16/h7-9,11-14,17H,6,10,15H2,1-5H3/b14-13+. The van der Waals surface area contributed by atoms with Crippen molar-refractivity contribution in [3.05, 3.63) is 48.0 Å². The molecule has 5 heteroatoms. The molecule has 1 aliphatic rings. The van der Waals surface area contributed by atoms with Gasteiger partial charge in [-0.15, -0.1) is 0 Å². The van der Waals surface area contributed by atoms with Crippen molar-refractivity contribution in [3.8, 4) is 0 Å². The molecule has 2 unspecified atom stereocenters. The molecule has 1 aliphatic heterocycles. The van der Waals surface area contributed by atoms with Gasteiger partial charge in [-0.05, 0) is 18.9 Å². The van der Waals surface area contributed by atoms with Gasteiger partial charge in [0.15, 0.2) is 11.4 Å². The lowest BCUT2D eigenvalue weighted by atomic mass is 9.83. The van der Waals surface area contributed by atoms with E-state index < -0.39 is 11.5 Å². The molecule has 0 saturated carbocycles. The minimum atomic E-state index is -1.02. The van der Waals surface area contributed by atoms with Gasteiger partial charge >= 0.3 is 11.9 Å². The van der Waals surface area contributed by atoms with Gasteiger partial charge in [0.25, 0.3) is 0 Å². The van der Waals surface area contributed by atoms with E-state index in [9.17, 15) is 9.59 Å². The van der Waals surface area contributed by atoms with Crippen LogP contribution in [0.2, 0.25) is 0 Å². The third-order valence-electron chi connectivity index (χ3n) is 4.59. The number of carbonyl (C=O) groups is 2. The van der Waals surface area contributed by atoms with Gasteiger partial charge in [-0.1, -0.05) is 70.5 Å². The highest BCUT2D eigenvalue weighted by atomic mass is 16.6. The summed E-state index contributed by atoms with van der Waals surface area (Å²) in [6, 6.07) is 9.50. The van der Waals surface area contributed by atoms with E-state index in [0.717, 1.165) is 18.4 Å². The number of ether oxygens (including phenoxy) is 2. The number of hydrogen-bond donors (Lipinski definition) is 0. The normalized spacial score (nSPS) is 21.1. The Labute approximate surface area is 161 Å². The highest BCUT2D eigenvalue weighted by Crippen LogP contribution is 2.36. The van der Waals surface area contributed by atoms with Crippen LogP contribution in [0.1, 0.15) is 53.0 Å². The summed E-state index contributed by atoms with van der Waals surface area (Å²) in [5.74, 6) is -0.599. The van der Waals surface area contributed by atoms with Crippen molar-refractivity contribution in [2.75, 3.05) is 0 Å². The van der Waals surface area contributed by atoms with Crippen LogP contribution in [0.4, 0.5) is 0 Å². The quantitative estimate of drug-likeness (QED) is 0.524. The first-order valence-corrected chi connectivity index (χ1v) is 9.38. The van der Waals surface area contributed by atoms with E-state index in [-0.39, 0.29) is 23.9 Å². The maximum Gasteiger partial charge on any atom is 0.340 e. The Kier molecular flexibility index (Phi) is 6.58. The third kappa shape index (κ3) is 5.28. The highest BCUT2D eigenvalue weighted by molar-refractivity contribution is 6.02. The fourth-order valence-corrected chi connectivity index (χ4v) is 2.87. The average Bonchev–Trinajstić information content (AvgIpc) is 2.94. The second-order valence-electron chi connectivity index (χ2n) is 8.05. The molecule has 0 bridgehead atoms. The molecule has 146 valence electrons. The van der Waals surface area contributed by atoms with Gasteiger partial charge in [-0.3, -0.25) is 0 Å². The van der Waals surface area contributed by atoms with E-state index in [1.54, 1.807) is 13.0 Å².